The van der Waals surface area contributed by atoms with E-state index in [1.165, 1.54) is 6.33 Å². The van der Waals surface area contributed by atoms with Crippen LogP contribution >= 0.6 is 35.0 Å². The summed E-state index contributed by atoms with van der Waals surface area (Å²) in [4.78, 5) is 31.9. The number of nitrogens with one attached hydrogen (secondary N) is 2. The highest BCUT2D eigenvalue weighted by Crippen LogP contribution is 2.31. The number of fused-ring (bicyclic) bond motifs is 2. The number of carbonyl (C=O) groups is 1. The number of hydrogen-bond acceptors (Lipinski definition) is 6. The quantitative estimate of drug-likeness (QED) is 0.316. The van der Waals surface area contributed by atoms with Gasteiger partial charge in [-0.1, -0.05) is 23.2 Å². The van der Waals surface area contributed by atoms with Gasteiger partial charge in [-0.15, -0.1) is 0 Å². The van der Waals surface area contributed by atoms with Crippen LogP contribution in [-0.2, 0) is 0 Å². The van der Waals surface area contributed by atoms with Gasteiger partial charge in [0.25, 0.3) is 5.91 Å². The molecular formula is C24H24Cl2N6OS. The molecule has 1 saturated heterocycles. The van der Waals surface area contributed by atoms with Crippen LogP contribution in [0.25, 0.3) is 21.9 Å². The Morgan fingerprint density at radius 3 is 2.79 bits per heavy atom. The fourth-order valence-corrected chi connectivity index (χ4v) is 5.18. The summed E-state index contributed by atoms with van der Waals surface area (Å²) < 4.78 is 0. The van der Waals surface area contributed by atoms with Gasteiger partial charge in [0.05, 0.1) is 33.2 Å². The van der Waals surface area contributed by atoms with Gasteiger partial charge in [0.1, 0.15) is 18.0 Å². The molecule has 10 heteroatoms. The number of nitrogens with zero attached hydrogens (tertiary/aromatic N) is 4. The number of aromatic nitrogens is 4. The van der Waals surface area contributed by atoms with Crippen LogP contribution in [0.1, 0.15) is 41.5 Å². The Bertz CT molecular complexity index is 1350. The van der Waals surface area contributed by atoms with Crippen molar-refractivity contribution in [2.75, 3.05) is 30.4 Å². The van der Waals surface area contributed by atoms with E-state index < -0.39 is 0 Å². The molecule has 2 aromatic carbocycles. The van der Waals surface area contributed by atoms with Crippen molar-refractivity contribution in [2.45, 2.75) is 25.3 Å². The van der Waals surface area contributed by atoms with E-state index in [1.54, 1.807) is 23.9 Å². The van der Waals surface area contributed by atoms with Gasteiger partial charge in [-0.2, -0.15) is 11.8 Å². The zero-order valence-electron chi connectivity index (χ0n) is 18.6. The van der Waals surface area contributed by atoms with E-state index in [0.717, 1.165) is 60.3 Å². The number of aromatic amines is 1. The van der Waals surface area contributed by atoms with Gasteiger partial charge in [0.2, 0.25) is 0 Å². The zero-order valence-corrected chi connectivity index (χ0v) is 21.0. The van der Waals surface area contributed by atoms with Crippen LogP contribution in [0.3, 0.4) is 0 Å². The molecule has 3 heterocycles. The molecule has 1 aliphatic heterocycles. The predicted molar refractivity (Wildman–Crippen MR) is 140 cm³/mol. The molecule has 0 unspecified atom stereocenters. The number of rotatable bonds is 7. The van der Waals surface area contributed by atoms with Crippen molar-refractivity contribution < 1.29 is 4.79 Å². The van der Waals surface area contributed by atoms with Crippen molar-refractivity contribution in [3.05, 3.63) is 58.1 Å². The topological polar surface area (TPSA) is 86.8 Å². The average Bonchev–Trinajstić information content (AvgIpc) is 3.51. The van der Waals surface area contributed by atoms with Gasteiger partial charge >= 0.3 is 0 Å². The monoisotopic (exact) mass is 514 g/mol. The van der Waals surface area contributed by atoms with E-state index in [2.05, 4.69) is 26.5 Å². The van der Waals surface area contributed by atoms with Crippen molar-refractivity contribution >= 4 is 68.6 Å². The Hall–Kier alpha value is -2.55. The molecule has 7 nitrogen and oxygen atoms in total. The second kappa shape index (κ2) is 9.98. The van der Waals surface area contributed by atoms with Gasteiger partial charge in [0.15, 0.2) is 0 Å². The molecule has 0 bridgehead atoms. The number of carbonyl (C=O) groups excluding carboxylic acids is 1. The normalized spacial score (nSPS) is 14.7. The zero-order chi connectivity index (χ0) is 23.7. The number of thioether (sulfide) groups is 1. The van der Waals surface area contributed by atoms with Crippen molar-refractivity contribution in [3.8, 4) is 0 Å². The molecule has 1 amide bonds. The fourth-order valence-electron chi connectivity index (χ4n) is 4.29. The molecule has 0 saturated carbocycles. The first kappa shape index (κ1) is 23.2. The molecular weight excluding hydrogens is 491 g/mol. The van der Waals surface area contributed by atoms with Crippen LogP contribution < -0.4 is 5.32 Å². The predicted octanol–water partition coefficient (Wildman–Crippen LogP) is 5.96. The Morgan fingerprint density at radius 1 is 1.18 bits per heavy atom. The van der Waals surface area contributed by atoms with E-state index in [4.69, 9.17) is 28.2 Å². The number of hydrogen-bond donors (Lipinski definition) is 2. The molecule has 1 aliphatic rings. The lowest BCUT2D eigenvalue weighted by Gasteiger charge is -2.19. The summed E-state index contributed by atoms with van der Waals surface area (Å²) in [6, 6.07) is 9.05. The first-order chi connectivity index (χ1) is 16.5. The van der Waals surface area contributed by atoms with E-state index >= 15 is 0 Å². The van der Waals surface area contributed by atoms with E-state index in [0.29, 0.717) is 26.9 Å². The highest BCUT2D eigenvalue weighted by molar-refractivity contribution is 7.98. The SMILES string of the molecule is CSCC[C@H](Nc1ncnc2cc(C(=O)N3CCCC3)c(Cl)cc12)c1nc2ccc(Cl)cc2[nH]1. The summed E-state index contributed by atoms with van der Waals surface area (Å²) >= 11 is 14.5. The van der Waals surface area contributed by atoms with Gasteiger partial charge in [-0.05, 0) is 61.6 Å². The number of benzene rings is 2. The van der Waals surface area contributed by atoms with Crippen LogP contribution in [0.5, 0.6) is 0 Å². The maximum absolute atomic E-state index is 12.9. The number of likely N-dealkylation sites (tertiary alicyclic amines) is 1. The lowest BCUT2D eigenvalue weighted by molar-refractivity contribution is 0.0793. The highest BCUT2D eigenvalue weighted by atomic mass is 35.5. The summed E-state index contributed by atoms with van der Waals surface area (Å²) in [6.07, 6.45) is 6.47. The number of halogens is 2. The van der Waals surface area contributed by atoms with Crippen LogP contribution in [0.2, 0.25) is 10.0 Å². The van der Waals surface area contributed by atoms with Crippen molar-refractivity contribution in [2.24, 2.45) is 0 Å². The van der Waals surface area contributed by atoms with Crippen LogP contribution in [0.15, 0.2) is 36.7 Å². The lowest BCUT2D eigenvalue weighted by Crippen LogP contribution is -2.27. The van der Waals surface area contributed by atoms with Gasteiger partial charge in [-0.25, -0.2) is 15.0 Å². The molecule has 176 valence electrons. The van der Waals surface area contributed by atoms with Gasteiger partial charge < -0.3 is 15.2 Å². The number of H-pyrrole nitrogens is 1. The minimum atomic E-state index is -0.110. The maximum atomic E-state index is 12.9. The second-order valence-electron chi connectivity index (χ2n) is 8.33. The minimum absolute atomic E-state index is 0.0451. The largest absolute Gasteiger partial charge is 0.359 e. The molecule has 0 aliphatic carbocycles. The highest BCUT2D eigenvalue weighted by Gasteiger charge is 2.23. The Labute approximate surface area is 211 Å². The summed E-state index contributed by atoms with van der Waals surface area (Å²) in [5.74, 6) is 2.35. The van der Waals surface area contributed by atoms with Crippen molar-refractivity contribution in [1.29, 1.82) is 0 Å². The summed E-state index contributed by atoms with van der Waals surface area (Å²) in [7, 11) is 0. The van der Waals surface area contributed by atoms with Crippen molar-refractivity contribution in [1.82, 2.24) is 24.8 Å². The second-order valence-corrected chi connectivity index (χ2v) is 10.2. The van der Waals surface area contributed by atoms with Crippen LogP contribution in [0, 0.1) is 0 Å². The lowest BCUT2D eigenvalue weighted by atomic mass is 10.1. The number of amides is 1. The fraction of sp³-hybridized carbons (Fsp3) is 0.333. The number of imidazole rings is 1. The molecule has 0 radical (unpaired) electrons. The smallest absolute Gasteiger partial charge is 0.255 e. The van der Waals surface area contributed by atoms with E-state index in [1.807, 2.05) is 23.1 Å². The van der Waals surface area contributed by atoms with E-state index in [-0.39, 0.29) is 11.9 Å². The third kappa shape index (κ3) is 4.67. The molecule has 1 fully saturated rings. The Morgan fingerprint density at radius 2 is 2.00 bits per heavy atom. The number of anilines is 1. The van der Waals surface area contributed by atoms with Crippen LogP contribution in [-0.4, -0.2) is 55.8 Å². The molecule has 2 aromatic heterocycles. The standard InChI is InChI=1S/C24H24Cl2N6OS/c1-34-9-6-19(23-29-18-5-4-14(25)10-21(18)31-23)30-22-16-11-17(26)15(12-20(16)27-13-28-22)24(33)32-7-2-3-8-32/h4-5,10-13,19H,2-3,6-9H2,1H3,(H,29,31)(H,27,28,30)/t19-/m0/s1. The third-order valence-electron chi connectivity index (χ3n) is 6.06. The Kier molecular flexibility index (Phi) is 6.81. The van der Waals surface area contributed by atoms with Crippen molar-refractivity contribution in [3.63, 3.8) is 0 Å². The first-order valence-electron chi connectivity index (χ1n) is 11.2. The Balaban J connectivity index is 1.49. The molecule has 1 atom stereocenters. The van der Waals surface area contributed by atoms with Gasteiger partial charge in [-0.3, -0.25) is 4.79 Å². The molecule has 34 heavy (non-hydrogen) atoms. The third-order valence-corrected chi connectivity index (χ3v) is 7.25. The first-order valence-corrected chi connectivity index (χ1v) is 13.3. The molecule has 0 spiro atoms. The summed E-state index contributed by atoms with van der Waals surface area (Å²) in [6.45, 7) is 1.53. The molecule has 5 rings (SSSR count). The maximum Gasteiger partial charge on any atom is 0.255 e. The summed E-state index contributed by atoms with van der Waals surface area (Å²) in [5, 5.41) is 5.36. The summed E-state index contributed by atoms with van der Waals surface area (Å²) in [5.41, 5.74) is 2.90. The van der Waals surface area contributed by atoms with E-state index in [9.17, 15) is 4.79 Å². The van der Waals surface area contributed by atoms with Gasteiger partial charge in [0, 0.05) is 23.5 Å². The molecule has 2 N–H and O–H groups in total. The molecule has 4 aromatic rings. The minimum Gasteiger partial charge on any atom is -0.359 e. The average molecular weight is 515 g/mol. The van der Waals surface area contributed by atoms with Crippen LogP contribution in [0.4, 0.5) is 5.82 Å².